The van der Waals surface area contributed by atoms with E-state index in [0.29, 0.717) is 0 Å². The third-order valence-corrected chi connectivity index (χ3v) is 3.50. The molecule has 1 rings (SSSR count). The first kappa shape index (κ1) is 12.6. The van der Waals surface area contributed by atoms with E-state index in [1.165, 1.54) is 19.2 Å². The minimum Gasteiger partial charge on any atom is -0.372 e. The summed E-state index contributed by atoms with van der Waals surface area (Å²) >= 11 is 0. The Morgan fingerprint density at radius 2 is 1.88 bits per heavy atom. The Balaban J connectivity index is 2.89. The van der Waals surface area contributed by atoms with E-state index in [1.54, 1.807) is 12.1 Å². The number of benzene rings is 1. The quantitative estimate of drug-likeness (QED) is 0.770. The van der Waals surface area contributed by atoms with Crippen LogP contribution >= 0.6 is 0 Å². The monoisotopic (exact) mass is 238 g/mol. The van der Waals surface area contributed by atoms with Gasteiger partial charge in [-0.05, 0) is 38.2 Å². The molecule has 1 atom stereocenters. The van der Waals surface area contributed by atoms with Crippen molar-refractivity contribution in [3.8, 4) is 12.3 Å². The van der Waals surface area contributed by atoms with E-state index in [9.17, 15) is 8.42 Å². The first-order valence-corrected chi connectivity index (χ1v) is 6.24. The second-order valence-corrected chi connectivity index (χ2v) is 5.15. The molecule has 0 aliphatic rings. The number of hydrogen-bond donors (Lipinski definition) is 2. The van der Waals surface area contributed by atoms with Crippen LogP contribution in [-0.4, -0.2) is 21.5 Å². The number of sulfonamides is 1. The fraction of sp³-hybridized carbons (Fsp3) is 0.273. The Labute approximate surface area is 96.1 Å². The molecule has 0 heterocycles. The van der Waals surface area contributed by atoms with Gasteiger partial charge in [0.05, 0.1) is 10.9 Å². The molecule has 0 saturated heterocycles. The highest BCUT2D eigenvalue weighted by Crippen LogP contribution is 2.14. The van der Waals surface area contributed by atoms with Gasteiger partial charge in [-0.1, -0.05) is 5.92 Å². The highest BCUT2D eigenvalue weighted by molar-refractivity contribution is 7.89. The number of nitrogens with one attached hydrogen (secondary N) is 2. The molecule has 86 valence electrons. The molecule has 1 aromatic rings. The summed E-state index contributed by atoms with van der Waals surface area (Å²) in [6.07, 6.45) is 5.22. The van der Waals surface area contributed by atoms with E-state index in [2.05, 4.69) is 16.0 Å². The van der Waals surface area contributed by atoms with Crippen molar-refractivity contribution in [3.05, 3.63) is 24.3 Å². The third kappa shape index (κ3) is 2.99. The van der Waals surface area contributed by atoms with Crippen LogP contribution in [0, 0.1) is 12.3 Å². The van der Waals surface area contributed by atoms with Crippen molar-refractivity contribution < 1.29 is 8.42 Å². The summed E-state index contributed by atoms with van der Waals surface area (Å²) in [5, 5.41) is 3.04. The highest BCUT2D eigenvalue weighted by Gasteiger charge is 2.10. The van der Waals surface area contributed by atoms with Gasteiger partial charge in [-0.2, -0.15) is 0 Å². The van der Waals surface area contributed by atoms with E-state index in [4.69, 9.17) is 6.42 Å². The van der Waals surface area contributed by atoms with Gasteiger partial charge in [0.15, 0.2) is 0 Å². The summed E-state index contributed by atoms with van der Waals surface area (Å²) in [7, 11) is -1.99. The summed E-state index contributed by atoms with van der Waals surface area (Å²) < 4.78 is 25.1. The maximum absolute atomic E-state index is 11.4. The fourth-order valence-corrected chi connectivity index (χ4v) is 1.87. The summed E-state index contributed by atoms with van der Waals surface area (Å²) in [6.45, 7) is 1.85. The molecule has 0 saturated carbocycles. The van der Waals surface area contributed by atoms with Crippen molar-refractivity contribution in [2.45, 2.75) is 17.9 Å². The maximum atomic E-state index is 11.4. The van der Waals surface area contributed by atoms with Crippen molar-refractivity contribution in [3.63, 3.8) is 0 Å². The van der Waals surface area contributed by atoms with Crippen LogP contribution in [-0.2, 0) is 10.0 Å². The largest absolute Gasteiger partial charge is 0.372 e. The molecule has 0 aromatic heterocycles. The van der Waals surface area contributed by atoms with Gasteiger partial charge in [-0.15, -0.1) is 6.42 Å². The highest BCUT2D eigenvalue weighted by atomic mass is 32.2. The van der Waals surface area contributed by atoms with Gasteiger partial charge in [0.25, 0.3) is 0 Å². The lowest BCUT2D eigenvalue weighted by Gasteiger charge is -2.09. The Morgan fingerprint density at radius 1 is 1.31 bits per heavy atom. The predicted octanol–water partition coefficient (Wildman–Crippen LogP) is 1.03. The van der Waals surface area contributed by atoms with Crippen LogP contribution in [0.5, 0.6) is 0 Å². The van der Waals surface area contributed by atoms with E-state index >= 15 is 0 Å². The Bertz CT molecular complexity index is 486. The van der Waals surface area contributed by atoms with Crippen molar-refractivity contribution in [1.29, 1.82) is 0 Å². The van der Waals surface area contributed by atoms with Crippen molar-refractivity contribution in [1.82, 2.24) is 4.72 Å². The lowest BCUT2D eigenvalue weighted by molar-refractivity contribution is 0.588. The molecule has 1 aromatic carbocycles. The maximum Gasteiger partial charge on any atom is 0.240 e. The number of hydrogen-bond acceptors (Lipinski definition) is 3. The zero-order chi connectivity index (χ0) is 12.2. The Morgan fingerprint density at radius 3 is 2.31 bits per heavy atom. The third-order valence-electron chi connectivity index (χ3n) is 2.07. The molecular formula is C11H14N2O2S. The molecule has 0 spiro atoms. The van der Waals surface area contributed by atoms with Gasteiger partial charge in [0, 0.05) is 5.69 Å². The molecule has 4 nitrogen and oxygen atoms in total. The minimum atomic E-state index is -3.37. The van der Waals surface area contributed by atoms with E-state index in [0.717, 1.165) is 5.69 Å². The van der Waals surface area contributed by atoms with Crippen molar-refractivity contribution in [2.24, 2.45) is 0 Å². The second-order valence-electron chi connectivity index (χ2n) is 3.26. The molecule has 16 heavy (non-hydrogen) atoms. The van der Waals surface area contributed by atoms with E-state index in [-0.39, 0.29) is 10.9 Å². The van der Waals surface area contributed by atoms with Gasteiger partial charge in [-0.3, -0.25) is 0 Å². The van der Waals surface area contributed by atoms with Crippen LogP contribution in [0.2, 0.25) is 0 Å². The molecule has 1 unspecified atom stereocenters. The predicted molar refractivity (Wildman–Crippen MR) is 64.6 cm³/mol. The number of terminal acetylenes is 1. The second kappa shape index (κ2) is 5.01. The zero-order valence-corrected chi connectivity index (χ0v) is 10.0. The average Bonchev–Trinajstić information content (AvgIpc) is 2.29. The Kier molecular flexibility index (Phi) is 3.93. The van der Waals surface area contributed by atoms with Crippen molar-refractivity contribution >= 4 is 15.7 Å². The van der Waals surface area contributed by atoms with E-state index < -0.39 is 10.0 Å². The molecule has 0 aliphatic heterocycles. The lowest BCUT2D eigenvalue weighted by atomic mass is 10.3. The summed E-state index contributed by atoms with van der Waals surface area (Å²) in [5.74, 6) is 2.53. The van der Waals surface area contributed by atoms with Crippen molar-refractivity contribution in [2.75, 3.05) is 12.4 Å². The first-order valence-electron chi connectivity index (χ1n) is 4.76. The smallest absolute Gasteiger partial charge is 0.240 e. The Hall–Kier alpha value is -1.51. The van der Waals surface area contributed by atoms with Crippen LogP contribution in [0.25, 0.3) is 0 Å². The first-order chi connectivity index (χ1) is 7.49. The molecule has 0 fully saturated rings. The average molecular weight is 238 g/mol. The molecule has 0 radical (unpaired) electrons. The topological polar surface area (TPSA) is 58.2 Å². The van der Waals surface area contributed by atoms with Crippen LogP contribution in [0.15, 0.2) is 29.2 Å². The molecular weight excluding hydrogens is 224 g/mol. The van der Waals surface area contributed by atoms with Crippen LogP contribution in [0.3, 0.4) is 0 Å². The van der Waals surface area contributed by atoms with Crippen LogP contribution in [0.1, 0.15) is 6.92 Å². The van der Waals surface area contributed by atoms with E-state index in [1.807, 2.05) is 6.92 Å². The standard InChI is InChI=1S/C11H14N2O2S/c1-4-9(2)13-10-5-7-11(8-6-10)16(14,15)12-3/h1,5-9,12-13H,2-3H3. The molecule has 2 N–H and O–H groups in total. The van der Waals surface area contributed by atoms with Gasteiger partial charge < -0.3 is 5.32 Å². The molecule has 0 amide bonds. The molecule has 0 bridgehead atoms. The molecule has 5 heteroatoms. The SMILES string of the molecule is C#CC(C)Nc1ccc(S(=O)(=O)NC)cc1. The summed E-state index contributed by atoms with van der Waals surface area (Å²) in [6, 6.07) is 6.32. The fourth-order valence-electron chi connectivity index (χ4n) is 1.14. The van der Waals surface area contributed by atoms with Gasteiger partial charge in [-0.25, -0.2) is 13.1 Å². The van der Waals surface area contributed by atoms with Gasteiger partial charge >= 0.3 is 0 Å². The van der Waals surface area contributed by atoms with Crippen LogP contribution < -0.4 is 10.0 Å². The van der Waals surface area contributed by atoms with Crippen LogP contribution in [0.4, 0.5) is 5.69 Å². The zero-order valence-electron chi connectivity index (χ0n) is 9.19. The summed E-state index contributed by atoms with van der Waals surface area (Å²) in [5.41, 5.74) is 0.792. The lowest BCUT2D eigenvalue weighted by Crippen LogP contribution is -2.18. The summed E-state index contributed by atoms with van der Waals surface area (Å²) in [4.78, 5) is 0.230. The number of rotatable bonds is 4. The van der Waals surface area contributed by atoms with Gasteiger partial charge in [0.2, 0.25) is 10.0 Å². The van der Waals surface area contributed by atoms with Gasteiger partial charge in [0.1, 0.15) is 0 Å². The number of anilines is 1. The molecule has 0 aliphatic carbocycles. The normalized spacial score (nSPS) is 12.8. The minimum absolute atomic E-state index is 0.0910.